The molecule has 0 rings (SSSR count). The van der Waals surface area contributed by atoms with Gasteiger partial charge in [0.2, 0.25) is 0 Å². The fourth-order valence-corrected chi connectivity index (χ4v) is 0.133. The summed E-state index contributed by atoms with van der Waals surface area (Å²) in [7, 11) is 0. The Bertz CT molecular complexity index is 107. The molecule has 0 aromatic heterocycles. The average Bonchev–Trinajstić information content (AvgIpc) is 1.83. The fourth-order valence-electron chi connectivity index (χ4n) is 0.133. The highest BCUT2D eigenvalue weighted by molar-refractivity contribution is 4.61. The van der Waals surface area contributed by atoms with Gasteiger partial charge >= 0.3 is 0 Å². The average molecular weight is 112 g/mol. The first-order valence-corrected chi connectivity index (χ1v) is 1.99. The minimum absolute atomic E-state index is 0.988. The van der Waals surface area contributed by atoms with Gasteiger partial charge in [0.05, 0.1) is 0 Å². The predicted molar refractivity (Wildman–Crippen MR) is 31.3 cm³/mol. The van der Waals surface area contributed by atoms with Crippen molar-refractivity contribution in [2.24, 2.45) is 16.2 Å². The molecule has 4 nitrogen and oxygen atoms in total. The van der Waals surface area contributed by atoms with Crippen molar-refractivity contribution in [3.8, 4) is 0 Å². The Morgan fingerprint density at radius 1 is 1.50 bits per heavy atom. The lowest BCUT2D eigenvalue weighted by Gasteiger charge is -1.98. The van der Waals surface area contributed by atoms with Gasteiger partial charge < -0.3 is 0 Å². The summed E-state index contributed by atoms with van der Waals surface area (Å²) in [5.74, 6) is 5.07. The molecule has 44 valence electrons. The van der Waals surface area contributed by atoms with E-state index in [-0.39, 0.29) is 0 Å². The van der Waals surface area contributed by atoms with E-state index in [0.29, 0.717) is 0 Å². The number of nitrogens with two attached hydrogens (primary N) is 1. The van der Waals surface area contributed by atoms with E-state index in [1.54, 1.807) is 0 Å². The third-order valence-electron chi connectivity index (χ3n) is 0.424. The zero-order valence-corrected chi connectivity index (χ0v) is 4.49. The van der Waals surface area contributed by atoms with E-state index in [4.69, 9.17) is 5.84 Å². The number of nitrogens with zero attached hydrogens (tertiary/aromatic N) is 3. The van der Waals surface area contributed by atoms with Gasteiger partial charge in [0, 0.05) is 12.4 Å². The van der Waals surface area contributed by atoms with Crippen molar-refractivity contribution in [3.63, 3.8) is 0 Å². The molecule has 0 amide bonds. The van der Waals surface area contributed by atoms with E-state index in [2.05, 4.69) is 23.5 Å². The standard InChI is InChI=1S/C4H8N4/c1-3-6-7-8(5)4-2/h3-4H,1-2,5H2. The molecule has 0 saturated carbocycles. The maximum atomic E-state index is 5.07. The van der Waals surface area contributed by atoms with E-state index in [9.17, 15) is 0 Å². The summed E-state index contributed by atoms with van der Waals surface area (Å²) in [6, 6.07) is 0. The van der Waals surface area contributed by atoms with Gasteiger partial charge in [-0.15, -0.1) is 5.11 Å². The molecule has 0 aliphatic heterocycles. The van der Waals surface area contributed by atoms with E-state index >= 15 is 0 Å². The molecule has 2 N–H and O–H groups in total. The quantitative estimate of drug-likeness (QED) is 0.334. The maximum Gasteiger partial charge on any atom is 0.0441 e. The van der Waals surface area contributed by atoms with Crippen LogP contribution in [-0.2, 0) is 0 Å². The van der Waals surface area contributed by atoms with Crippen LogP contribution in [0.5, 0.6) is 0 Å². The molecule has 0 aliphatic rings. The highest BCUT2D eigenvalue weighted by Crippen LogP contribution is 1.79. The SMILES string of the molecule is C=CN=NN(N)C=C. The largest absolute Gasteiger partial charge is 0.226 e. The Kier molecular flexibility index (Phi) is 3.43. The van der Waals surface area contributed by atoms with Crippen LogP contribution >= 0.6 is 0 Å². The van der Waals surface area contributed by atoms with Gasteiger partial charge in [-0.1, -0.05) is 18.4 Å². The van der Waals surface area contributed by atoms with Crippen LogP contribution in [0.1, 0.15) is 0 Å². The summed E-state index contributed by atoms with van der Waals surface area (Å²) in [5.41, 5.74) is 0. The first kappa shape index (κ1) is 6.84. The molecule has 0 atom stereocenters. The van der Waals surface area contributed by atoms with E-state index in [1.807, 2.05) is 0 Å². The highest BCUT2D eigenvalue weighted by Gasteiger charge is 1.75. The highest BCUT2D eigenvalue weighted by atomic mass is 15.7. The van der Waals surface area contributed by atoms with Gasteiger partial charge in [-0.2, -0.15) is 5.12 Å². The Labute approximate surface area is 47.9 Å². The van der Waals surface area contributed by atoms with E-state index in [1.165, 1.54) is 12.4 Å². The molecule has 0 spiro atoms. The molecule has 0 fully saturated rings. The summed E-state index contributed by atoms with van der Waals surface area (Å²) >= 11 is 0. The molecule has 0 aromatic rings. The van der Waals surface area contributed by atoms with Crippen LogP contribution < -0.4 is 5.84 Å². The first-order valence-electron chi connectivity index (χ1n) is 1.99. The van der Waals surface area contributed by atoms with Crippen LogP contribution in [0, 0.1) is 0 Å². The van der Waals surface area contributed by atoms with E-state index in [0.717, 1.165) is 5.12 Å². The van der Waals surface area contributed by atoms with Crippen LogP contribution in [0.3, 0.4) is 0 Å². The zero-order chi connectivity index (χ0) is 6.41. The Morgan fingerprint density at radius 3 is 2.50 bits per heavy atom. The third-order valence-corrected chi connectivity index (χ3v) is 0.424. The minimum atomic E-state index is 0.988. The summed E-state index contributed by atoms with van der Waals surface area (Å²) < 4.78 is 0. The Morgan fingerprint density at radius 2 is 2.12 bits per heavy atom. The van der Waals surface area contributed by atoms with Crippen LogP contribution in [-0.4, -0.2) is 5.12 Å². The van der Waals surface area contributed by atoms with Crippen molar-refractivity contribution in [1.82, 2.24) is 5.12 Å². The first-order chi connectivity index (χ1) is 3.81. The zero-order valence-electron chi connectivity index (χ0n) is 4.49. The molecule has 8 heavy (non-hydrogen) atoms. The fraction of sp³-hybridized carbons (Fsp3) is 0. The summed E-state index contributed by atoms with van der Waals surface area (Å²) in [6.45, 7) is 6.62. The molecule has 0 aromatic carbocycles. The molecule has 0 heterocycles. The normalized spacial score (nSPS) is 9.12. The van der Waals surface area contributed by atoms with Crippen LogP contribution in [0.4, 0.5) is 0 Å². The maximum absolute atomic E-state index is 5.07. The van der Waals surface area contributed by atoms with Gasteiger partial charge in [0.1, 0.15) is 0 Å². The smallest absolute Gasteiger partial charge is 0.0441 e. The van der Waals surface area contributed by atoms with Crippen LogP contribution in [0.2, 0.25) is 0 Å². The molecule has 0 bridgehead atoms. The monoisotopic (exact) mass is 112 g/mol. The van der Waals surface area contributed by atoms with Crippen molar-refractivity contribution < 1.29 is 0 Å². The third kappa shape index (κ3) is 3.05. The van der Waals surface area contributed by atoms with Crippen molar-refractivity contribution >= 4 is 0 Å². The summed E-state index contributed by atoms with van der Waals surface area (Å²) in [6.07, 6.45) is 2.61. The molecule has 4 heteroatoms. The van der Waals surface area contributed by atoms with Gasteiger partial charge in [0.25, 0.3) is 0 Å². The second kappa shape index (κ2) is 4.01. The molecular weight excluding hydrogens is 104 g/mol. The number of hydrazine groups is 1. The Balaban J connectivity index is 3.50. The van der Waals surface area contributed by atoms with Crippen molar-refractivity contribution in [1.29, 1.82) is 0 Å². The summed E-state index contributed by atoms with van der Waals surface area (Å²) in [5, 5.41) is 7.71. The molecule has 0 saturated heterocycles. The lowest BCUT2D eigenvalue weighted by molar-refractivity contribution is 0.393. The second-order valence-electron chi connectivity index (χ2n) is 0.950. The van der Waals surface area contributed by atoms with Crippen LogP contribution in [0.15, 0.2) is 35.9 Å². The molecule has 0 aliphatic carbocycles. The van der Waals surface area contributed by atoms with Crippen molar-refractivity contribution in [2.45, 2.75) is 0 Å². The molecular formula is C4H8N4. The number of rotatable bonds is 3. The molecule has 0 unspecified atom stereocenters. The number of hydrogen-bond acceptors (Lipinski definition) is 3. The lowest BCUT2D eigenvalue weighted by atomic mass is 11.0. The molecule has 0 radical (unpaired) electrons. The van der Waals surface area contributed by atoms with Gasteiger partial charge in [-0.05, 0) is 0 Å². The topological polar surface area (TPSA) is 54.0 Å². The second-order valence-corrected chi connectivity index (χ2v) is 0.950. The summed E-state index contributed by atoms with van der Waals surface area (Å²) in [4.78, 5) is 0. The Hall–Kier alpha value is -1.16. The van der Waals surface area contributed by atoms with Gasteiger partial charge in [-0.3, -0.25) is 0 Å². The number of hydrogen-bond donors (Lipinski definition) is 1. The lowest BCUT2D eigenvalue weighted by Crippen LogP contribution is -2.16. The van der Waals surface area contributed by atoms with Gasteiger partial charge in [0.15, 0.2) is 0 Å². The van der Waals surface area contributed by atoms with Gasteiger partial charge in [-0.25, -0.2) is 5.84 Å². The van der Waals surface area contributed by atoms with Crippen molar-refractivity contribution in [3.05, 3.63) is 25.6 Å². The van der Waals surface area contributed by atoms with E-state index < -0.39 is 0 Å². The minimum Gasteiger partial charge on any atom is -0.226 e. The van der Waals surface area contributed by atoms with Crippen molar-refractivity contribution in [2.75, 3.05) is 0 Å². The van der Waals surface area contributed by atoms with Crippen LogP contribution in [0.25, 0.3) is 0 Å². The predicted octanol–water partition coefficient (Wildman–Crippen LogP) is 0.816.